The molecule has 5 rings (SSSR count). The minimum Gasteiger partial charge on any atom is -0.465 e. The van der Waals surface area contributed by atoms with E-state index in [1.54, 1.807) is 7.11 Å². The molecule has 0 aromatic carbocycles. The van der Waals surface area contributed by atoms with E-state index in [1.165, 1.54) is 51.4 Å². The van der Waals surface area contributed by atoms with Crippen molar-refractivity contribution < 1.29 is 19.0 Å². The fourth-order valence-corrected chi connectivity index (χ4v) is 8.28. The van der Waals surface area contributed by atoms with Crippen LogP contribution in [-0.2, 0) is 19.0 Å². The van der Waals surface area contributed by atoms with Gasteiger partial charge in [0.15, 0.2) is 0 Å². The molecule has 5 fully saturated rings. The number of carbonyl (C=O) groups excluding carboxylic acids is 1. The molecule has 4 saturated carbocycles. The normalized spacial score (nSPS) is 52.6. The van der Waals surface area contributed by atoms with Crippen LogP contribution in [0.25, 0.3) is 0 Å². The number of rotatable bonds is 3. The van der Waals surface area contributed by atoms with E-state index in [0.29, 0.717) is 36.8 Å². The Labute approximate surface area is 157 Å². The van der Waals surface area contributed by atoms with Crippen molar-refractivity contribution in [3.05, 3.63) is 0 Å². The Bertz CT molecular complexity index is 576. The van der Waals surface area contributed by atoms with Gasteiger partial charge in [0.25, 0.3) is 0 Å². The van der Waals surface area contributed by atoms with Crippen molar-refractivity contribution in [1.82, 2.24) is 0 Å². The SMILES string of the molecule is COCO[C@@H]1CC[C@@]2(C)[C@@H](CC[C@@H]3[C@@H]2CC[C@]24C(=O)OC[C@H]2CC[C@@H]34)C1. The fraction of sp³-hybridized carbons (Fsp3) is 0.955. The summed E-state index contributed by atoms with van der Waals surface area (Å²) < 4.78 is 16.6. The first kappa shape index (κ1) is 17.5. The zero-order valence-corrected chi connectivity index (χ0v) is 16.4. The van der Waals surface area contributed by atoms with Crippen molar-refractivity contribution >= 4 is 5.97 Å². The van der Waals surface area contributed by atoms with Gasteiger partial charge >= 0.3 is 5.97 Å². The molecule has 0 amide bonds. The van der Waals surface area contributed by atoms with Crippen molar-refractivity contribution in [3.63, 3.8) is 0 Å². The minimum atomic E-state index is -0.0941. The zero-order chi connectivity index (χ0) is 17.9. The molecule has 4 nitrogen and oxygen atoms in total. The van der Waals surface area contributed by atoms with Gasteiger partial charge in [-0.2, -0.15) is 0 Å². The van der Waals surface area contributed by atoms with Crippen molar-refractivity contribution in [2.24, 2.45) is 40.4 Å². The first-order chi connectivity index (χ1) is 12.6. The van der Waals surface area contributed by atoms with Crippen LogP contribution in [0.2, 0.25) is 0 Å². The van der Waals surface area contributed by atoms with E-state index >= 15 is 0 Å². The first-order valence-electron chi connectivity index (χ1n) is 10.9. The number of cyclic esters (lactones) is 1. The summed E-state index contributed by atoms with van der Waals surface area (Å²) in [5.74, 6) is 3.60. The maximum atomic E-state index is 12.7. The summed E-state index contributed by atoms with van der Waals surface area (Å²) >= 11 is 0. The topological polar surface area (TPSA) is 44.8 Å². The predicted molar refractivity (Wildman–Crippen MR) is 97.3 cm³/mol. The average Bonchev–Trinajstić information content (AvgIpc) is 3.17. The van der Waals surface area contributed by atoms with Crippen LogP contribution in [-0.4, -0.2) is 32.6 Å². The molecule has 1 saturated heterocycles. The quantitative estimate of drug-likeness (QED) is 0.558. The molecule has 0 aromatic rings. The Morgan fingerprint density at radius 2 is 1.88 bits per heavy atom. The molecular formula is C22H34O4. The summed E-state index contributed by atoms with van der Waals surface area (Å²) in [6.07, 6.45) is 11.5. The van der Waals surface area contributed by atoms with Gasteiger partial charge in [-0.25, -0.2) is 0 Å². The molecule has 5 aliphatic rings. The van der Waals surface area contributed by atoms with Gasteiger partial charge in [-0.15, -0.1) is 0 Å². The molecule has 1 heterocycles. The van der Waals surface area contributed by atoms with Crippen molar-refractivity contribution in [1.29, 1.82) is 0 Å². The lowest BCUT2D eigenvalue weighted by atomic mass is 9.44. The van der Waals surface area contributed by atoms with Crippen molar-refractivity contribution in [3.8, 4) is 0 Å². The molecular weight excluding hydrogens is 328 g/mol. The lowest BCUT2D eigenvalue weighted by Gasteiger charge is -2.60. The number of hydrogen-bond donors (Lipinski definition) is 0. The lowest BCUT2D eigenvalue weighted by molar-refractivity contribution is -0.168. The molecule has 0 N–H and O–H groups in total. The van der Waals surface area contributed by atoms with E-state index in [0.717, 1.165) is 24.2 Å². The number of fused-ring (bicyclic) bond motifs is 4. The van der Waals surface area contributed by atoms with Gasteiger partial charge < -0.3 is 14.2 Å². The highest BCUT2D eigenvalue weighted by Crippen LogP contribution is 2.69. The highest BCUT2D eigenvalue weighted by molar-refractivity contribution is 5.80. The summed E-state index contributed by atoms with van der Waals surface area (Å²) in [5.41, 5.74) is 0.348. The molecule has 0 aromatic heterocycles. The third-order valence-electron chi connectivity index (χ3n) is 9.52. The van der Waals surface area contributed by atoms with Crippen LogP contribution in [0.5, 0.6) is 0 Å². The van der Waals surface area contributed by atoms with Gasteiger partial charge in [0.05, 0.1) is 18.1 Å². The molecule has 4 heteroatoms. The zero-order valence-electron chi connectivity index (χ0n) is 16.4. The van der Waals surface area contributed by atoms with Gasteiger partial charge in [-0.1, -0.05) is 6.92 Å². The predicted octanol–water partition coefficient (Wildman–Crippen LogP) is 4.17. The van der Waals surface area contributed by atoms with E-state index in [2.05, 4.69) is 6.92 Å². The molecule has 8 atom stereocenters. The second-order valence-corrected chi connectivity index (χ2v) is 10.1. The summed E-state index contributed by atoms with van der Waals surface area (Å²) in [5, 5.41) is 0. The molecule has 1 aliphatic heterocycles. The van der Waals surface area contributed by atoms with E-state index < -0.39 is 0 Å². The number of hydrogen-bond acceptors (Lipinski definition) is 4. The van der Waals surface area contributed by atoms with E-state index in [4.69, 9.17) is 14.2 Å². The molecule has 0 radical (unpaired) electrons. The summed E-state index contributed by atoms with van der Waals surface area (Å²) in [7, 11) is 1.71. The highest BCUT2D eigenvalue weighted by Gasteiger charge is 2.67. The van der Waals surface area contributed by atoms with Crippen LogP contribution < -0.4 is 0 Å². The Morgan fingerprint density at radius 1 is 1.04 bits per heavy atom. The number of methoxy groups -OCH3 is 1. The third kappa shape index (κ3) is 2.24. The molecule has 146 valence electrons. The Morgan fingerprint density at radius 3 is 2.73 bits per heavy atom. The largest absolute Gasteiger partial charge is 0.465 e. The Hall–Kier alpha value is -0.610. The minimum absolute atomic E-state index is 0.0941. The second-order valence-electron chi connectivity index (χ2n) is 10.1. The van der Waals surface area contributed by atoms with Crippen LogP contribution in [0.3, 0.4) is 0 Å². The van der Waals surface area contributed by atoms with Crippen molar-refractivity contribution in [2.75, 3.05) is 20.5 Å². The molecule has 0 unspecified atom stereocenters. The second kappa shape index (κ2) is 6.20. The van der Waals surface area contributed by atoms with Gasteiger partial charge in [0.2, 0.25) is 0 Å². The molecule has 0 bridgehead atoms. The smallest absolute Gasteiger partial charge is 0.312 e. The van der Waals surface area contributed by atoms with Gasteiger partial charge in [-0.05, 0) is 86.9 Å². The van der Waals surface area contributed by atoms with Crippen LogP contribution in [0, 0.1) is 40.4 Å². The van der Waals surface area contributed by atoms with Gasteiger partial charge in [-0.3, -0.25) is 4.79 Å². The van der Waals surface area contributed by atoms with Crippen LogP contribution in [0.15, 0.2) is 0 Å². The number of esters is 1. The van der Waals surface area contributed by atoms with E-state index in [9.17, 15) is 4.79 Å². The van der Waals surface area contributed by atoms with Crippen molar-refractivity contribution in [2.45, 2.75) is 70.8 Å². The molecule has 26 heavy (non-hydrogen) atoms. The van der Waals surface area contributed by atoms with Gasteiger partial charge in [0, 0.05) is 13.0 Å². The van der Waals surface area contributed by atoms with Crippen LogP contribution in [0.1, 0.15) is 64.7 Å². The van der Waals surface area contributed by atoms with E-state index in [-0.39, 0.29) is 11.4 Å². The third-order valence-corrected chi connectivity index (χ3v) is 9.52. The summed E-state index contributed by atoms with van der Waals surface area (Å²) in [4.78, 5) is 12.7. The maximum absolute atomic E-state index is 12.7. The number of ether oxygens (including phenoxy) is 3. The lowest BCUT2D eigenvalue weighted by Crippen LogP contribution is -2.55. The fourth-order valence-electron chi connectivity index (χ4n) is 8.28. The summed E-state index contributed by atoms with van der Waals surface area (Å²) in [6, 6.07) is 0. The maximum Gasteiger partial charge on any atom is 0.312 e. The van der Waals surface area contributed by atoms with Crippen LogP contribution in [0.4, 0.5) is 0 Å². The molecule has 1 spiro atoms. The van der Waals surface area contributed by atoms with Crippen LogP contribution >= 0.6 is 0 Å². The highest BCUT2D eigenvalue weighted by atomic mass is 16.7. The Kier molecular flexibility index (Phi) is 4.17. The van der Waals surface area contributed by atoms with Gasteiger partial charge in [0.1, 0.15) is 6.79 Å². The average molecular weight is 363 g/mol. The molecule has 4 aliphatic carbocycles. The Balaban J connectivity index is 1.37. The first-order valence-corrected chi connectivity index (χ1v) is 10.9. The standard InChI is InChI=1S/C22H34O4/c1-21-9-7-16(26-13-24-2)11-14(21)3-5-17-18(21)8-10-22-15(4-6-19(17)22)12-25-20(22)23/h14-19H,3-13H2,1-2H3/t14-,15+,16+,17+,18-,19-,21-,22-/m0/s1. The number of carbonyl (C=O) groups is 1. The monoisotopic (exact) mass is 362 g/mol. The van der Waals surface area contributed by atoms with E-state index in [1.807, 2.05) is 0 Å². The summed E-state index contributed by atoms with van der Waals surface area (Å²) in [6.45, 7) is 3.69.